The highest BCUT2D eigenvalue weighted by Crippen LogP contribution is 2.24. The van der Waals surface area contributed by atoms with Crippen molar-refractivity contribution < 1.29 is 9.59 Å². The van der Waals surface area contributed by atoms with Gasteiger partial charge in [-0.1, -0.05) is 12.1 Å². The number of carbonyl (C=O) groups is 2. The van der Waals surface area contributed by atoms with Crippen molar-refractivity contribution in [3.05, 3.63) is 46.5 Å². The Morgan fingerprint density at radius 2 is 1.79 bits per heavy atom. The second kappa shape index (κ2) is 7.99. The number of aryl methyl sites for hydroxylation is 2. The fourth-order valence-corrected chi connectivity index (χ4v) is 4.09. The number of hydrogen-bond donors (Lipinski definition) is 1. The number of piperazine rings is 1. The molecule has 3 heterocycles. The molecule has 0 saturated carbocycles. The number of fused-ring (bicyclic) bond motifs is 1. The first-order chi connectivity index (χ1) is 13.9. The minimum Gasteiger partial charge on any atom is -0.333 e. The van der Waals surface area contributed by atoms with Crippen molar-refractivity contribution >= 4 is 17.5 Å². The predicted octanol–water partition coefficient (Wildman–Crippen LogP) is 2.48. The highest BCUT2D eigenvalue weighted by Gasteiger charge is 2.31. The van der Waals surface area contributed by atoms with Crippen molar-refractivity contribution in [1.29, 1.82) is 0 Å². The standard InChI is InChI=1S/C22H29N5O2/c1-15-7-8-16(2)17(14-15)23-21(28)19-18-6-4-5-9-27(18)20(24-19)22(29)26-12-10-25(3)11-13-26/h7-8,14H,4-6,9-13H2,1-3H3,(H,23,28). The van der Waals surface area contributed by atoms with Crippen LogP contribution in [-0.4, -0.2) is 64.4 Å². The van der Waals surface area contributed by atoms with Crippen molar-refractivity contribution in [2.24, 2.45) is 0 Å². The van der Waals surface area contributed by atoms with Gasteiger partial charge >= 0.3 is 0 Å². The van der Waals surface area contributed by atoms with Gasteiger partial charge in [0.2, 0.25) is 0 Å². The molecular weight excluding hydrogens is 366 g/mol. The van der Waals surface area contributed by atoms with Gasteiger partial charge in [0.1, 0.15) is 0 Å². The van der Waals surface area contributed by atoms with Crippen LogP contribution in [0.2, 0.25) is 0 Å². The van der Waals surface area contributed by atoms with E-state index < -0.39 is 0 Å². The molecular formula is C22H29N5O2. The van der Waals surface area contributed by atoms with Crippen LogP contribution < -0.4 is 5.32 Å². The SMILES string of the molecule is Cc1ccc(C)c(NC(=O)c2nc(C(=O)N3CCN(C)CC3)n3c2CCCC3)c1. The van der Waals surface area contributed by atoms with Crippen LogP contribution in [0.1, 0.15) is 50.8 Å². The van der Waals surface area contributed by atoms with Gasteiger partial charge in [0, 0.05) is 38.4 Å². The van der Waals surface area contributed by atoms with Gasteiger partial charge in [0.15, 0.2) is 11.5 Å². The molecule has 154 valence electrons. The molecule has 29 heavy (non-hydrogen) atoms. The van der Waals surface area contributed by atoms with Gasteiger partial charge in [0.05, 0.1) is 5.69 Å². The molecule has 1 aromatic carbocycles. The predicted molar refractivity (Wildman–Crippen MR) is 112 cm³/mol. The molecule has 0 bridgehead atoms. The van der Waals surface area contributed by atoms with Gasteiger partial charge in [-0.25, -0.2) is 4.98 Å². The van der Waals surface area contributed by atoms with Crippen molar-refractivity contribution in [3.63, 3.8) is 0 Å². The quantitative estimate of drug-likeness (QED) is 0.867. The Labute approximate surface area is 171 Å². The summed E-state index contributed by atoms with van der Waals surface area (Å²) < 4.78 is 1.97. The third kappa shape index (κ3) is 3.92. The molecule has 2 aliphatic rings. The molecule has 0 atom stereocenters. The fraction of sp³-hybridized carbons (Fsp3) is 0.500. The van der Waals surface area contributed by atoms with E-state index in [4.69, 9.17) is 0 Å². The van der Waals surface area contributed by atoms with Gasteiger partial charge in [0.25, 0.3) is 11.8 Å². The zero-order valence-corrected chi connectivity index (χ0v) is 17.5. The summed E-state index contributed by atoms with van der Waals surface area (Å²) in [6.45, 7) is 7.83. The molecule has 7 nitrogen and oxygen atoms in total. The van der Waals surface area contributed by atoms with Crippen LogP contribution in [0.3, 0.4) is 0 Å². The largest absolute Gasteiger partial charge is 0.333 e. The molecule has 1 aromatic heterocycles. The number of nitrogens with zero attached hydrogens (tertiary/aromatic N) is 4. The number of benzene rings is 1. The maximum absolute atomic E-state index is 13.2. The molecule has 2 amide bonds. The average molecular weight is 396 g/mol. The Hall–Kier alpha value is -2.67. The van der Waals surface area contributed by atoms with E-state index in [9.17, 15) is 9.59 Å². The van der Waals surface area contributed by atoms with Crippen LogP contribution in [0.4, 0.5) is 5.69 Å². The van der Waals surface area contributed by atoms with Crippen molar-refractivity contribution in [2.75, 3.05) is 38.5 Å². The van der Waals surface area contributed by atoms with E-state index in [1.165, 1.54) is 0 Å². The number of carbonyl (C=O) groups excluding carboxylic acids is 2. The first-order valence-corrected chi connectivity index (χ1v) is 10.4. The number of anilines is 1. The zero-order chi connectivity index (χ0) is 20.5. The highest BCUT2D eigenvalue weighted by atomic mass is 16.2. The maximum Gasteiger partial charge on any atom is 0.289 e. The summed E-state index contributed by atoms with van der Waals surface area (Å²) in [6, 6.07) is 5.98. The summed E-state index contributed by atoms with van der Waals surface area (Å²) in [5.74, 6) is 0.115. The Morgan fingerprint density at radius 3 is 2.55 bits per heavy atom. The Morgan fingerprint density at radius 1 is 1.03 bits per heavy atom. The summed E-state index contributed by atoms with van der Waals surface area (Å²) in [5, 5.41) is 3.01. The topological polar surface area (TPSA) is 70.5 Å². The van der Waals surface area contributed by atoms with E-state index in [-0.39, 0.29) is 11.8 Å². The van der Waals surface area contributed by atoms with Gasteiger partial charge in [-0.15, -0.1) is 0 Å². The molecule has 0 radical (unpaired) electrons. The number of likely N-dealkylation sites (N-methyl/N-ethyl adjacent to an activating group) is 1. The van der Waals surface area contributed by atoms with E-state index in [2.05, 4.69) is 22.2 Å². The monoisotopic (exact) mass is 395 g/mol. The maximum atomic E-state index is 13.2. The minimum absolute atomic E-state index is 0.0629. The molecule has 4 rings (SSSR count). The van der Waals surface area contributed by atoms with Gasteiger partial charge in [-0.2, -0.15) is 0 Å². The molecule has 1 saturated heterocycles. The zero-order valence-electron chi connectivity index (χ0n) is 17.5. The van der Waals surface area contributed by atoms with E-state index in [0.29, 0.717) is 24.6 Å². The van der Waals surface area contributed by atoms with Gasteiger partial charge in [-0.3, -0.25) is 9.59 Å². The van der Waals surface area contributed by atoms with E-state index in [0.717, 1.165) is 61.4 Å². The lowest BCUT2D eigenvalue weighted by Gasteiger charge is -2.32. The second-order valence-electron chi connectivity index (χ2n) is 8.21. The Balaban J connectivity index is 1.63. The van der Waals surface area contributed by atoms with Crippen LogP contribution in [0.25, 0.3) is 0 Å². The molecule has 0 unspecified atom stereocenters. The third-order valence-electron chi connectivity index (χ3n) is 5.96. The van der Waals surface area contributed by atoms with Crippen LogP contribution >= 0.6 is 0 Å². The molecule has 1 fully saturated rings. The molecule has 1 N–H and O–H groups in total. The van der Waals surface area contributed by atoms with E-state index in [1.54, 1.807) is 0 Å². The van der Waals surface area contributed by atoms with Crippen molar-refractivity contribution in [3.8, 4) is 0 Å². The summed E-state index contributed by atoms with van der Waals surface area (Å²) in [7, 11) is 2.06. The van der Waals surface area contributed by atoms with Gasteiger partial charge in [-0.05, 0) is 57.4 Å². The lowest BCUT2D eigenvalue weighted by molar-refractivity contribution is 0.0645. The third-order valence-corrected chi connectivity index (χ3v) is 5.96. The molecule has 2 aromatic rings. The molecule has 0 spiro atoms. The number of rotatable bonds is 3. The number of aromatic nitrogens is 2. The lowest BCUT2D eigenvalue weighted by Crippen LogP contribution is -2.47. The average Bonchev–Trinajstić information content (AvgIpc) is 3.10. The Kier molecular flexibility index (Phi) is 5.41. The summed E-state index contributed by atoms with van der Waals surface area (Å²) in [4.78, 5) is 34.9. The fourth-order valence-electron chi connectivity index (χ4n) is 4.09. The number of nitrogens with one attached hydrogen (secondary N) is 1. The number of amides is 2. The van der Waals surface area contributed by atoms with E-state index >= 15 is 0 Å². The summed E-state index contributed by atoms with van der Waals surface area (Å²) in [5.41, 5.74) is 4.16. The summed E-state index contributed by atoms with van der Waals surface area (Å²) >= 11 is 0. The smallest absolute Gasteiger partial charge is 0.289 e. The first kappa shape index (κ1) is 19.6. The molecule has 0 aliphatic carbocycles. The van der Waals surface area contributed by atoms with Crippen LogP contribution in [0.5, 0.6) is 0 Å². The lowest BCUT2D eigenvalue weighted by atomic mass is 10.1. The van der Waals surface area contributed by atoms with Crippen molar-refractivity contribution in [2.45, 2.75) is 39.7 Å². The molecule has 2 aliphatic heterocycles. The molecule has 7 heteroatoms. The highest BCUT2D eigenvalue weighted by molar-refractivity contribution is 6.05. The number of imidazole rings is 1. The van der Waals surface area contributed by atoms with Crippen LogP contribution in [0, 0.1) is 13.8 Å². The first-order valence-electron chi connectivity index (χ1n) is 10.4. The summed E-state index contributed by atoms with van der Waals surface area (Å²) in [6.07, 6.45) is 2.79. The normalized spacial score (nSPS) is 17.1. The Bertz CT molecular complexity index is 941. The van der Waals surface area contributed by atoms with Crippen molar-refractivity contribution in [1.82, 2.24) is 19.4 Å². The van der Waals surface area contributed by atoms with E-state index in [1.807, 2.05) is 41.5 Å². The van der Waals surface area contributed by atoms with Gasteiger partial charge < -0.3 is 19.7 Å². The minimum atomic E-state index is -0.234. The second-order valence-corrected chi connectivity index (χ2v) is 8.21. The number of hydrogen-bond acceptors (Lipinski definition) is 4. The van der Waals surface area contributed by atoms with Crippen LogP contribution in [-0.2, 0) is 13.0 Å². The van der Waals surface area contributed by atoms with Crippen LogP contribution in [0.15, 0.2) is 18.2 Å².